The quantitative estimate of drug-likeness (QED) is 0.421. The third-order valence-electron chi connectivity index (χ3n) is 1.64. The van der Waals surface area contributed by atoms with E-state index < -0.39 is 0 Å². The summed E-state index contributed by atoms with van der Waals surface area (Å²) in [7, 11) is 0. The van der Waals surface area contributed by atoms with Gasteiger partial charge in [0.2, 0.25) is 5.91 Å². The molecule has 0 saturated carbocycles. The maximum atomic E-state index is 10.5. The van der Waals surface area contributed by atoms with E-state index in [-0.39, 0.29) is 11.5 Å². The summed E-state index contributed by atoms with van der Waals surface area (Å²) >= 11 is 0. The van der Waals surface area contributed by atoms with Crippen LogP contribution in [-0.2, 0) is 9.53 Å². The van der Waals surface area contributed by atoms with Crippen molar-refractivity contribution in [2.75, 3.05) is 13.2 Å². The van der Waals surface area contributed by atoms with Crippen molar-refractivity contribution in [2.24, 2.45) is 0 Å². The molecule has 44 valence electrons. The lowest BCUT2D eigenvalue weighted by molar-refractivity contribution is -0.119. The monoisotopic (exact) mass is 113 g/mol. The highest BCUT2D eigenvalue weighted by molar-refractivity contribution is 5.80. The van der Waals surface area contributed by atoms with E-state index in [1.54, 1.807) is 0 Å². The van der Waals surface area contributed by atoms with Crippen molar-refractivity contribution in [3.05, 3.63) is 0 Å². The van der Waals surface area contributed by atoms with Crippen LogP contribution in [0.15, 0.2) is 0 Å². The molecule has 0 aromatic heterocycles. The summed E-state index contributed by atoms with van der Waals surface area (Å²) in [6, 6.07) is 0. The first-order valence-electron chi connectivity index (χ1n) is 2.71. The summed E-state index contributed by atoms with van der Waals surface area (Å²) in [4.78, 5) is 10.5. The highest BCUT2D eigenvalue weighted by Gasteiger charge is 2.50. The molecular weight excluding hydrogens is 106 g/mol. The lowest BCUT2D eigenvalue weighted by atomic mass is 10.1. The predicted octanol–water partition coefficient (Wildman–Crippen LogP) is -0.725. The van der Waals surface area contributed by atoms with Gasteiger partial charge in [-0.2, -0.15) is 0 Å². The van der Waals surface area contributed by atoms with E-state index in [9.17, 15) is 4.79 Å². The minimum absolute atomic E-state index is 0.0446. The number of hydrogen-bond acceptors (Lipinski definition) is 2. The van der Waals surface area contributed by atoms with Crippen molar-refractivity contribution in [3.63, 3.8) is 0 Å². The van der Waals surface area contributed by atoms with Crippen LogP contribution in [0.4, 0.5) is 0 Å². The smallest absolute Gasteiger partial charge is 0.223 e. The maximum absolute atomic E-state index is 10.5. The Labute approximate surface area is 47.0 Å². The van der Waals surface area contributed by atoms with Gasteiger partial charge in [0, 0.05) is 6.54 Å². The summed E-state index contributed by atoms with van der Waals surface area (Å²) in [6.45, 7) is 1.50. The van der Waals surface area contributed by atoms with Gasteiger partial charge in [0.15, 0.2) is 0 Å². The van der Waals surface area contributed by atoms with Crippen LogP contribution < -0.4 is 5.32 Å². The van der Waals surface area contributed by atoms with E-state index >= 15 is 0 Å². The molecule has 1 spiro atoms. The SMILES string of the molecule is O=C1CC2(CN1)CO2. The molecule has 3 nitrogen and oxygen atoms in total. The van der Waals surface area contributed by atoms with Gasteiger partial charge < -0.3 is 10.1 Å². The van der Waals surface area contributed by atoms with Crippen molar-refractivity contribution in [2.45, 2.75) is 12.0 Å². The van der Waals surface area contributed by atoms with Gasteiger partial charge in [-0.25, -0.2) is 0 Å². The molecule has 1 N–H and O–H groups in total. The standard InChI is InChI=1S/C5H7NO2/c7-4-1-5(2-6-4)3-8-5/h1-3H2,(H,6,7). The molecule has 1 amide bonds. The third-order valence-corrected chi connectivity index (χ3v) is 1.64. The Kier molecular flexibility index (Phi) is 0.568. The van der Waals surface area contributed by atoms with E-state index in [4.69, 9.17) is 4.74 Å². The Morgan fingerprint density at radius 3 is 2.75 bits per heavy atom. The fraction of sp³-hybridized carbons (Fsp3) is 0.800. The molecule has 2 rings (SSSR count). The first-order chi connectivity index (χ1) is 3.81. The Morgan fingerprint density at radius 1 is 1.75 bits per heavy atom. The number of ether oxygens (including phenoxy) is 1. The zero-order valence-electron chi connectivity index (χ0n) is 4.44. The fourth-order valence-corrected chi connectivity index (χ4v) is 0.983. The van der Waals surface area contributed by atoms with Crippen LogP contribution in [0, 0.1) is 0 Å². The first-order valence-corrected chi connectivity index (χ1v) is 2.71. The van der Waals surface area contributed by atoms with Crippen LogP contribution in [0.3, 0.4) is 0 Å². The van der Waals surface area contributed by atoms with Gasteiger partial charge in [-0.1, -0.05) is 0 Å². The minimum atomic E-state index is -0.0446. The second kappa shape index (κ2) is 1.05. The summed E-state index contributed by atoms with van der Waals surface area (Å²) in [5.41, 5.74) is -0.0446. The van der Waals surface area contributed by atoms with Crippen molar-refractivity contribution >= 4 is 5.91 Å². The molecule has 0 aliphatic carbocycles. The number of rotatable bonds is 0. The lowest BCUT2D eigenvalue weighted by Gasteiger charge is -1.90. The second-order valence-electron chi connectivity index (χ2n) is 2.43. The van der Waals surface area contributed by atoms with E-state index in [2.05, 4.69) is 5.32 Å². The third kappa shape index (κ3) is 0.448. The lowest BCUT2D eigenvalue weighted by Crippen LogP contribution is -2.16. The van der Waals surface area contributed by atoms with Crippen LogP contribution in [0.5, 0.6) is 0 Å². The molecule has 2 heterocycles. The molecule has 2 aliphatic heterocycles. The molecule has 2 aliphatic rings. The molecule has 1 atom stereocenters. The number of nitrogens with one attached hydrogen (secondary N) is 1. The molecule has 3 heteroatoms. The summed E-state index contributed by atoms with van der Waals surface area (Å²) in [5, 5.41) is 2.71. The van der Waals surface area contributed by atoms with Gasteiger partial charge in [0.1, 0.15) is 5.60 Å². The van der Waals surface area contributed by atoms with Crippen LogP contribution in [0.2, 0.25) is 0 Å². The average molecular weight is 113 g/mol. The van der Waals surface area contributed by atoms with Crippen LogP contribution in [0.25, 0.3) is 0 Å². The number of epoxide rings is 1. The molecule has 2 saturated heterocycles. The largest absolute Gasteiger partial charge is 0.367 e. The van der Waals surface area contributed by atoms with Gasteiger partial charge in [-0.05, 0) is 0 Å². The van der Waals surface area contributed by atoms with Gasteiger partial charge in [0.05, 0.1) is 13.0 Å². The maximum Gasteiger partial charge on any atom is 0.223 e. The molecule has 8 heavy (non-hydrogen) atoms. The summed E-state index contributed by atoms with van der Waals surface area (Å²) in [5.74, 6) is 0.127. The highest BCUT2D eigenvalue weighted by atomic mass is 16.6. The number of carbonyl (C=O) groups excluding carboxylic acids is 1. The Hall–Kier alpha value is -0.570. The van der Waals surface area contributed by atoms with Gasteiger partial charge in [-0.15, -0.1) is 0 Å². The predicted molar refractivity (Wildman–Crippen MR) is 26.3 cm³/mol. The molecule has 0 bridgehead atoms. The molecule has 0 aromatic carbocycles. The van der Waals surface area contributed by atoms with Crippen LogP contribution in [0.1, 0.15) is 6.42 Å². The first kappa shape index (κ1) is 4.32. The topological polar surface area (TPSA) is 41.6 Å². The van der Waals surface area contributed by atoms with Gasteiger partial charge >= 0.3 is 0 Å². The molecule has 0 aromatic rings. The zero-order valence-corrected chi connectivity index (χ0v) is 4.44. The zero-order chi connectivity index (χ0) is 5.61. The van der Waals surface area contributed by atoms with E-state index in [1.165, 1.54) is 0 Å². The fourth-order valence-electron chi connectivity index (χ4n) is 0.983. The second-order valence-corrected chi connectivity index (χ2v) is 2.43. The number of amides is 1. The molecule has 1 unspecified atom stereocenters. The van der Waals surface area contributed by atoms with Crippen molar-refractivity contribution < 1.29 is 9.53 Å². The van der Waals surface area contributed by atoms with Crippen LogP contribution in [-0.4, -0.2) is 24.7 Å². The van der Waals surface area contributed by atoms with Crippen LogP contribution >= 0.6 is 0 Å². The average Bonchev–Trinajstić information content (AvgIpc) is 2.34. The summed E-state index contributed by atoms with van der Waals surface area (Å²) < 4.78 is 5.04. The molecular formula is C5H7NO2. The van der Waals surface area contributed by atoms with E-state index in [0.717, 1.165) is 13.2 Å². The van der Waals surface area contributed by atoms with E-state index in [1.807, 2.05) is 0 Å². The molecule has 2 fully saturated rings. The molecule has 0 radical (unpaired) electrons. The van der Waals surface area contributed by atoms with Crippen molar-refractivity contribution in [1.29, 1.82) is 0 Å². The highest BCUT2D eigenvalue weighted by Crippen LogP contribution is 2.32. The number of carbonyl (C=O) groups is 1. The number of hydrogen-bond donors (Lipinski definition) is 1. The van der Waals surface area contributed by atoms with Gasteiger partial charge in [-0.3, -0.25) is 4.79 Å². The van der Waals surface area contributed by atoms with E-state index in [0.29, 0.717) is 6.42 Å². The van der Waals surface area contributed by atoms with Crippen molar-refractivity contribution in [1.82, 2.24) is 5.32 Å². The normalized spacial score (nSPS) is 42.8. The Balaban J connectivity index is 2.13. The van der Waals surface area contributed by atoms with Gasteiger partial charge in [0.25, 0.3) is 0 Å². The Morgan fingerprint density at radius 2 is 2.50 bits per heavy atom. The summed E-state index contributed by atoms with van der Waals surface area (Å²) in [6.07, 6.45) is 0.576. The minimum Gasteiger partial charge on any atom is -0.367 e. The van der Waals surface area contributed by atoms with Crippen molar-refractivity contribution in [3.8, 4) is 0 Å². The Bertz CT molecular complexity index is 139.